The number of hydrogen-bond acceptors (Lipinski definition) is 4. The van der Waals surface area contributed by atoms with Crippen LogP contribution in [0.15, 0.2) is 24.3 Å². The SMILES string of the molecule is COC(=O)c1ccccc1C(=O)OCCCCCCCCCCCCCCCC(C)C. The predicted molar refractivity (Wildman–Crippen MR) is 128 cm³/mol. The molecule has 0 atom stereocenters. The van der Waals surface area contributed by atoms with Gasteiger partial charge in [-0.15, -0.1) is 0 Å². The molecule has 4 nitrogen and oxygen atoms in total. The Bertz CT molecular complexity index is 609. The van der Waals surface area contributed by atoms with Crippen LogP contribution >= 0.6 is 0 Å². The smallest absolute Gasteiger partial charge is 0.339 e. The molecule has 0 bridgehead atoms. The molecule has 0 N–H and O–H groups in total. The maximum atomic E-state index is 12.2. The molecule has 176 valence electrons. The van der Waals surface area contributed by atoms with Gasteiger partial charge in [-0.1, -0.05) is 109 Å². The number of hydrogen-bond donors (Lipinski definition) is 0. The third-order valence-electron chi connectivity index (χ3n) is 5.71. The molecule has 1 rings (SSSR count). The third-order valence-corrected chi connectivity index (χ3v) is 5.71. The molecule has 0 aromatic heterocycles. The first-order valence-corrected chi connectivity index (χ1v) is 12.4. The lowest BCUT2D eigenvalue weighted by Gasteiger charge is -2.08. The van der Waals surface area contributed by atoms with Crippen molar-refractivity contribution in [3.05, 3.63) is 35.4 Å². The summed E-state index contributed by atoms with van der Waals surface area (Å²) in [5.74, 6) is -0.124. The lowest BCUT2D eigenvalue weighted by Crippen LogP contribution is -2.13. The largest absolute Gasteiger partial charge is 0.465 e. The highest BCUT2D eigenvalue weighted by molar-refractivity contribution is 6.03. The van der Waals surface area contributed by atoms with Crippen molar-refractivity contribution in [2.75, 3.05) is 13.7 Å². The maximum Gasteiger partial charge on any atom is 0.339 e. The Morgan fingerprint density at radius 2 is 1.10 bits per heavy atom. The lowest BCUT2D eigenvalue weighted by atomic mass is 10.0. The summed E-state index contributed by atoms with van der Waals surface area (Å²) in [6.07, 6.45) is 18.2. The van der Waals surface area contributed by atoms with Gasteiger partial charge in [-0.05, 0) is 24.5 Å². The Balaban J connectivity index is 1.94. The molecule has 0 aliphatic heterocycles. The first kappa shape index (κ1) is 27.2. The fourth-order valence-electron chi connectivity index (χ4n) is 3.79. The molecule has 31 heavy (non-hydrogen) atoms. The van der Waals surface area contributed by atoms with E-state index in [2.05, 4.69) is 13.8 Å². The summed E-state index contributed by atoms with van der Waals surface area (Å²) in [5, 5.41) is 0. The molecule has 0 saturated heterocycles. The van der Waals surface area contributed by atoms with Crippen molar-refractivity contribution in [1.82, 2.24) is 0 Å². The molecule has 0 radical (unpaired) electrons. The Hall–Kier alpha value is -1.84. The minimum Gasteiger partial charge on any atom is -0.465 e. The van der Waals surface area contributed by atoms with Crippen molar-refractivity contribution >= 4 is 11.9 Å². The van der Waals surface area contributed by atoms with E-state index in [1.54, 1.807) is 24.3 Å². The highest BCUT2D eigenvalue weighted by Gasteiger charge is 2.17. The van der Waals surface area contributed by atoms with Gasteiger partial charge in [0.2, 0.25) is 0 Å². The number of esters is 2. The summed E-state index contributed by atoms with van der Waals surface area (Å²) >= 11 is 0. The van der Waals surface area contributed by atoms with Crippen molar-refractivity contribution in [3.63, 3.8) is 0 Å². The van der Waals surface area contributed by atoms with E-state index in [-0.39, 0.29) is 11.1 Å². The van der Waals surface area contributed by atoms with Crippen LogP contribution in [0.5, 0.6) is 0 Å². The second kappa shape index (κ2) is 17.8. The van der Waals surface area contributed by atoms with Gasteiger partial charge in [-0.25, -0.2) is 9.59 Å². The van der Waals surface area contributed by atoms with Gasteiger partial charge in [0.25, 0.3) is 0 Å². The van der Waals surface area contributed by atoms with Crippen LogP contribution in [0.1, 0.15) is 124 Å². The van der Waals surface area contributed by atoms with Crippen LogP contribution in [0.25, 0.3) is 0 Å². The Morgan fingerprint density at radius 1 is 0.677 bits per heavy atom. The predicted octanol–water partition coefficient (Wildman–Crippen LogP) is 7.75. The van der Waals surface area contributed by atoms with Gasteiger partial charge < -0.3 is 9.47 Å². The second-order valence-electron chi connectivity index (χ2n) is 8.95. The average molecular weight is 433 g/mol. The van der Waals surface area contributed by atoms with E-state index in [1.165, 1.54) is 84.2 Å². The maximum absolute atomic E-state index is 12.2. The van der Waals surface area contributed by atoms with Gasteiger partial charge >= 0.3 is 11.9 Å². The second-order valence-corrected chi connectivity index (χ2v) is 8.95. The van der Waals surface area contributed by atoms with E-state index in [4.69, 9.17) is 9.47 Å². The fraction of sp³-hybridized carbons (Fsp3) is 0.704. The van der Waals surface area contributed by atoms with Crippen LogP contribution in [0, 0.1) is 5.92 Å². The molecular formula is C27H44O4. The molecule has 0 spiro atoms. The number of carbonyl (C=O) groups excluding carboxylic acids is 2. The Morgan fingerprint density at radius 3 is 1.55 bits per heavy atom. The van der Waals surface area contributed by atoms with Gasteiger partial charge in [0, 0.05) is 0 Å². The van der Waals surface area contributed by atoms with Gasteiger partial charge in [-0.3, -0.25) is 0 Å². The molecule has 0 heterocycles. The fourth-order valence-corrected chi connectivity index (χ4v) is 3.79. The molecule has 0 aliphatic rings. The summed E-state index contributed by atoms with van der Waals surface area (Å²) in [4.78, 5) is 24.0. The van der Waals surface area contributed by atoms with Crippen LogP contribution in [0.4, 0.5) is 0 Å². The van der Waals surface area contributed by atoms with E-state index < -0.39 is 11.9 Å². The molecule has 1 aromatic carbocycles. The van der Waals surface area contributed by atoms with Crippen LogP contribution in [-0.2, 0) is 9.47 Å². The molecule has 0 amide bonds. The molecule has 0 fully saturated rings. The van der Waals surface area contributed by atoms with E-state index in [0.717, 1.165) is 18.8 Å². The van der Waals surface area contributed by atoms with Gasteiger partial charge in [-0.2, -0.15) is 0 Å². The van der Waals surface area contributed by atoms with Crippen LogP contribution < -0.4 is 0 Å². The average Bonchev–Trinajstić information content (AvgIpc) is 2.77. The monoisotopic (exact) mass is 432 g/mol. The number of benzene rings is 1. The minimum atomic E-state index is -0.519. The van der Waals surface area contributed by atoms with Crippen LogP contribution in [-0.4, -0.2) is 25.7 Å². The number of rotatable bonds is 18. The molecule has 0 unspecified atom stereocenters. The Kier molecular flexibility index (Phi) is 15.6. The lowest BCUT2D eigenvalue weighted by molar-refractivity contribution is 0.0480. The van der Waals surface area contributed by atoms with Crippen LogP contribution in [0.2, 0.25) is 0 Å². The molecule has 0 aliphatic carbocycles. The molecule has 1 aromatic rings. The topological polar surface area (TPSA) is 52.6 Å². The normalized spacial score (nSPS) is 11.0. The summed E-state index contributed by atoms with van der Waals surface area (Å²) in [5.41, 5.74) is 0.519. The molecule has 0 saturated carbocycles. The van der Waals surface area contributed by atoms with Crippen LogP contribution in [0.3, 0.4) is 0 Å². The van der Waals surface area contributed by atoms with E-state index >= 15 is 0 Å². The van der Waals surface area contributed by atoms with Crippen molar-refractivity contribution < 1.29 is 19.1 Å². The van der Waals surface area contributed by atoms with Gasteiger partial charge in [0.1, 0.15) is 0 Å². The summed E-state index contributed by atoms with van der Waals surface area (Å²) in [7, 11) is 1.31. The standard InChI is InChI=1S/C27H44O4/c1-23(2)19-15-13-11-9-7-5-4-6-8-10-12-14-18-22-31-27(29)25-21-17-16-20-24(25)26(28)30-3/h16-17,20-21,23H,4-15,18-19,22H2,1-3H3. The first-order valence-electron chi connectivity index (χ1n) is 12.4. The minimum absolute atomic E-state index is 0.251. The van der Waals surface area contributed by atoms with Crippen molar-refractivity contribution in [3.8, 4) is 0 Å². The zero-order chi connectivity index (χ0) is 22.7. The summed E-state index contributed by atoms with van der Waals surface area (Å²) in [6, 6.07) is 6.60. The zero-order valence-corrected chi connectivity index (χ0v) is 20.1. The zero-order valence-electron chi connectivity index (χ0n) is 20.1. The molecule has 4 heteroatoms. The number of carbonyl (C=O) groups is 2. The van der Waals surface area contributed by atoms with Gasteiger partial charge in [0.05, 0.1) is 24.8 Å². The summed E-state index contributed by atoms with van der Waals surface area (Å²) < 4.78 is 10.1. The van der Waals surface area contributed by atoms with Crippen molar-refractivity contribution in [1.29, 1.82) is 0 Å². The number of methoxy groups -OCH3 is 1. The van der Waals surface area contributed by atoms with E-state index in [0.29, 0.717) is 6.61 Å². The molecular weight excluding hydrogens is 388 g/mol. The first-order chi connectivity index (χ1) is 15.1. The highest BCUT2D eigenvalue weighted by Crippen LogP contribution is 2.15. The Labute approximate surface area is 190 Å². The summed E-state index contributed by atoms with van der Waals surface area (Å²) in [6.45, 7) is 5.01. The third kappa shape index (κ3) is 13.2. The number of ether oxygens (including phenoxy) is 2. The highest BCUT2D eigenvalue weighted by atomic mass is 16.5. The number of unbranched alkanes of at least 4 members (excludes halogenated alkanes) is 12. The van der Waals surface area contributed by atoms with E-state index in [9.17, 15) is 9.59 Å². The van der Waals surface area contributed by atoms with E-state index in [1.807, 2.05) is 0 Å². The van der Waals surface area contributed by atoms with Crippen molar-refractivity contribution in [2.45, 2.75) is 104 Å². The quantitative estimate of drug-likeness (QED) is 0.176. The van der Waals surface area contributed by atoms with Crippen molar-refractivity contribution in [2.24, 2.45) is 5.92 Å². The van der Waals surface area contributed by atoms with Gasteiger partial charge in [0.15, 0.2) is 0 Å².